The maximum Gasteiger partial charge on any atom is 0.255 e. The molecule has 7 rings (SSSR count). The van der Waals surface area contributed by atoms with E-state index in [0.717, 1.165) is 22.3 Å². The lowest BCUT2D eigenvalue weighted by Gasteiger charge is -2.44. The molecule has 0 saturated carbocycles. The summed E-state index contributed by atoms with van der Waals surface area (Å²) in [6.07, 6.45) is 0. The number of methoxy groups -OCH3 is 4. The number of fused-ring (bicyclic) bond motifs is 5. The van der Waals surface area contributed by atoms with Gasteiger partial charge in [-0.3, -0.25) is 10.1 Å². The number of aromatic nitrogens is 2. The van der Waals surface area contributed by atoms with Crippen LogP contribution in [0.3, 0.4) is 0 Å². The van der Waals surface area contributed by atoms with Gasteiger partial charge in [-0.1, -0.05) is 72.8 Å². The molecule has 0 bridgehead atoms. The molecule has 2 aliphatic rings. The summed E-state index contributed by atoms with van der Waals surface area (Å²) in [7, 11) is 6.52. The number of hydrogen-bond donors (Lipinski definition) is 2. The van der Waals surface area contributed by atoms with Crippen molar-refractivity contribution in [3.8, 4) is 34.4 Å². The number of nitrogens with zero attached hydrogens (tertiary/aromatic N) is 1. The molecule has 46 heavy (non-hydrogen) atoms. The molecule has 9 nitrogen and oxygen atoms in total. The van der Waals surface area contributed by atoms with E-state index in [1.807, 2.05) is 97.1 Å². The Kier molecular flexibility index (Phi) is 7.50. The first kappa shape index (κ1) is 29.6. The SMILES string of the molecule is COCCNC12c3nc(-c4ccccc4)[nH]c(=O)c3C(c3ccccc3)C1(c1ccc(OC)cc1)Oc1cc(OC)cc(OC)c12. The summed E-state index contributed by atoms with van der Waals surface area (Å²) >= 11 is 0. The van der Waals surface area contributed by atoms with E-state index in [2.05, 4.69) is 10.3 Å². The number of ether oxygens (including phenoxy) is 5. The van der Waals surface area contributed by atoms with Crippen LogP contribution in [0, 0.1) is 0 Å². The zero-order valence-corrected chi connectivity index (χ0v) is 26.1. The largest absolute Gasteiger partial charge is 0.497 e. The molecule has 2 N–H and O–H groups in total. The Balaban J connectivity index is 1.67. The first-order valence-electron chi connectivity index (χ1n) is 15.1. The average molecular weight is 618 g/mol. The maximum absolute atomic E-state index is 14.6. The van der Waals surface area contributed by atoms with Crippen molar-refractivity contribution in [1.29, 1.82) is 0 Å². The lowest BCUT2D eigenvalue weighted by molar-refractivity contribution is 0.00902. The van der Waals surface area contributed by atoms with Crippen LogP contribution < -0.4 is 29.8 Å². The molecule has 0 spiro atoms. The zero-order valence-electron chi connectivity index (χ0n) is 26.1. The smallest absolute Gasteiger partial charge is 0.255 e. The van der Waals surface area contributed by atoms with Crippen molar-refractivity contribution in [2.75, 3.05) is 41.6 Å². The molecule has 234 valence electrons. The highest BCUT2D eigenvalue weighted by Crippen LogP contribution is 2.69. The van der Waals surface area contributed by atoms with Gasteiger partial charge in [-0.25, -0.2) is 4.98 Å². The fourth-order valence-corrected chi connectivity index (χ4v) is 7.24. The van der Waals surface area contributed by atoms with Crippen LogP contribution in [0.2, 0.25) is 0 Å². The maximum atomic E-state index is 14.6. The number of aromatic amines is 1. The van der Waals surface area contributed by atoms with Crippen molar-refractivity contribution < 1.29 is 23.7 Å². The molecule has 0 radical (unpaired) electrons. The average Bonchev–Trinajstić information content (AvgIpc) is 3.53. The predicted molar refractivity (Wildman–Crippen MR) is 174 cm³/mol. The summed E-state index contributed by atoms with van der Waals surface area (Å²) in [6.45, 7) is 0.816. The molecular weight excluding hydrogens is 582 g/mol. The molecule has 5 aromatic rings. The predicted octanol–water partition coefficient (Wildman–Crippen LogP) is 5.38. The van der Waals surface area contributed by atoms with Crippen LogP contribution >= 0.6 is 0 Å². The van der Waals surface area contributed by atoms with Crippen molar-refractivity contribution in [2.45, 2.75) is 17.1 Å². The standard InChI is InChI=1S/C37H35N3O6/c1-42-20-19-38-36-32-28(45-4)21-27(44-3)22-29(32)46-37(36,25-15-17-26(43-2)18-16-25)31(23-11-7-5-8-12-23)30-33(36)39-34(40-35(30)41)24-13-9-6-10-14-24/h5-18,21-22,31,38H,19-20H2,1-4H3,(H,39,40,41). The highest BCUT2D eigenvalue weighted by Gasteiger charge is 2.74. The van der Waals surface area contributed by atoms with Gasteiger partial charge in [0.25, 0.3) is 5.56 Å². The fourth-order valence-electron chi connectivity index (χ4n) is 7.24. The van der Waals surface area contributed by atoms with E-state index in [1.54, 1.807) is 28.4 Å². The van der Waals surface area contributed by atoms with E-state index in [9.17, 15) is 4.79 Å². The minimum Gasteiger partial charge on any atom is -0.497 e. The molecule has 0 saturated heterocycles. The van der Waals surface area contributed by atoms with Gasteiger partial charge < -0.3 is 28.7 Å². The Morgan fingerprint density at radius 2 is 1.54 bits per heavy atom. The molecule has 0 fully saturated rings. The van der Waals surface area contributed by atoms with Crippen LogP contribution in [0.25, 0.3) is 11.4 Å². The Morgan fingerprint density at radius 3 is 2.20 bits per heavy atom. The van der Waals surface area contributed by atoms with Gasteiger partial charge in [-0.05, 0) is 23.3 Å². The highest BCUT2D eigenvalue weighted by molar-refractivity contribution is 5.71. The van der Waals surface area contributed by atoms with Crippen molar-refractivity contribution >= 4 is 0 Å². The van der Waals surface area contributed by atoms with E-state index in [-0.39, 0.29) is 5.56 Å². The third kappa shape index (κ3) is 4.23. The van der Waals surface area contributed by atoms with E-state index in [0.29, 0.717) is 53.2 Å². The van der Waals surface area contributed by atoms with Crippen LogP contribution in [-0.4, -0.2) is 51.6 Å². The Bertz CT molecular complexity index is 1930. The Labute approximate surface area is 267 Å². The van der Waals surface area contributed by atoms with Gasteiger partial charge in [-0.2, -0.15) is 0 Å². The molecule has 4 aromatic carbocycles. The first-order chi connectivity index (χ1) is 22.5. The van der Waals surface area contributed by atoms with Crippen molar-refractivity contribution in [1.82, 2.24) is 15.3 Å². The summed E-state index contributed by atoms with van der Waals surface area (Å²) in [5.41, 5.74) is 1.57. The fraction of sp³-hybridized carbons (Fsp3) is 0.243. The summed E-state index contributed by atoms with van der Waals surface area (Å²) in [5.74, 6) is 2.23. The first-order valence-corrected chi connectivity index (χ1v) is 15.1. The van der Waals surface area contributed by atoms with Gasteiger partial charge in [-0.15, -0.1) is 0 Å². The second-order valence-corrected chi connectivity index (χ2v) is 11.3. The quantitative estimate of drug-likeness (QED) is 0.202. The van der Waals surface area contributed by atoms with E-state index in [4.69, 9.17) is 28.7 Å². The molecule has 1 aromatic heterocycles. The number of benzene rings is 4. The van der Waals surface area contributed by atoms with Crippen LogP contribution in [0.1, 0.15) is 33.9 Å². The molecule has 1 aliphatic heterocycles. The number of rotatable bonds is 10. The molecular formula is C37H35N3O6. The third-order valence-electron chi connectivity index (χ3n) is 9.10. The minimum absolute atomic E-state index is 0.245. The van der Waals surface area contributed by atoms with Gasteiger partial charge in [0.05, 0.1) is 50.7 Å². The molecule has 3 unspecified atom stereocenters. The van der Waals surface area contributed by atoms with Crippen LogP contribution in [0.4, 0.5) is 0 Å². The lowest BCUT2D eigenvalue weighted by Crippen LogP contribution is -2.58. The van der Waals surface area contributed by atoms with Crippen molar-refractivity contribution in [3.63, 3.8) is 0 Å². The van der Waals surface area contributed by atoms with Crippen LogP contribution in [0.5, 0.6) is 23.0 Å². The van der Waals surface area contributed by atoms with Gasteiger partial charge >= 0.3 is 0 Å². The highest BCUT2D eigenvalue weighted by atomic mass is 16.5. The number of hydrogen-bond acceptors (Lipinski definition) is 8. The van der Waals surface area contributed by atoms with Crippen LogP contribution in [0.15, 0.2) is 102 Å². The summed E-state index contributed by atoms with van der Waals surface area (Å²) < 4.78 is 30.2. The topological polar surface area (TPSA) is 104 Å². The van der Waals surface area contributed by atoms with Crippen LogP contribution in [-0.2, 0) is 15.9 Å². The van der Waals surface area contributed by atoms with E-state index in [1.165, 1.54) is 0 Å². The number of H-pyrrole nitrogens is 1. The molecule has 1 aliphatic carbocycles. The van der Waals surface area contributed by atoms with Crippen molar-refractivity contribution in [2.24, 2.45) is 0 Å². The summed E-state index contributed by atoms with van der Waals surface area (Å²) in [6, 6.07) is 31.1. The second-order valence-electron chi connectivity index (χ2n) is 11.3. The minimum atomic E-state index is -1.26. The third-order valence-corrected chi connectivity index (χ3v) is 9.10. The molecule has 2 heterocycles. The lowest BCUT2D eigenvalue weighted by atomic mass is 9.68. The van der Waals surface area contributed by atoms with Gasteiger partial charge in [0.15, 0.2) is 5.60 Å². The monoisotopic (exact) mass is 617 g/mol. The molecule has 9 heteroatoms. The van der Waals surface area contributed by atoms with E-state index < -0.39 is 17.1 Å². The molecule has 0 amide bonds. The summed E-state index contributed by atoms with van der Waals surface area (Å²) in [5, 5.41) is 3.84. The number of nitrogens with one attached hydrogen (secondary N) is 2. The Morgan fingerprint density at radius 1 is 0.848 bits per heavy atom. The molecule has 3 atom stereocenters. The van der Waals surface area contributed by atoms with E-state index >= 15 is 0 Å². The van der Waals surface area contributed by atoms with Crippen molar-refractivity contribution in [3.05, 3.63) is 135 Å². The van der Waals surface area contributed by atoms with Gasteiger partial charge in [0.2, 0.25) is 0 Å². The second kappa shape index (κ2) is 11.7. The summed E-state index contributed by atoms with van der Waals surface area (Å²) in [4.78, 5) is 23.0. The van der Waals surface area contributed by atoms with Gasteiger partial charge in [0.1, 0.15) is 34.4 Å². The Hall–Kier alpha value is -5.12. The normalized spacial score (nSPS) is 20.7. The van der Waals surface area contributed by atoms with Gasteiger partial charge in [0, 0.05) is 31.4 Å². The zero-order chi connectivity index (χ0) is 31.9.